The second kappa shape index (κ2) is 7.31. The summed E-state index contributed by atoms with van der Waals surface area (Å²) in [6, 6.07) is 6.56. The highest BCUT2D eigenvalue weighted by Crippen LogP contribution is 2.32. The highest BCUT2D eigenvalue weighted by Gasteiger charge is 2.19. The molecule has 0 amide bonds. The summed E-state index contributed by atoms with van der Waals surface area (Å²) in [5.74, 6) is 1.07. The van der Waals surface area contributed by atoms with Crippen molar-refractivity contribution in [2.24, 2.45) is 0 Å². The largest absolute Gasteiger partial charge is 0.493 e. The Morgan fingerprint density at radius 3 is 2.48 bits per heavy atom. The van der Waals surface area contributed by atoms with Crippen LogP contribution in [0.25, 0.3) is 0 Å². The Bertz CT molecular complexity index is 441. The van der Waals surface area contributed by atoms with Gasteiger partial charge >= 0.3 is 0 Å². The van der Waals surface area contributed by atoms with Crippen LogP contribution in [0.15, 0.2) is 18.2 Å². The van der Waals surface area contributed by atoms with Crippen molar-refractivity contribution in [1.82, 2.24) is 0 Å². The molecule has 118 valence electrons. The van der Waals surface area contributed by atoms with Crippen LogP contribution in [0.2, 0.25) is 0 Å². The van der Waals surface area contributed by atoms with Crippen LogP contribution in [-0.2, 0) is 5.41 Å². The maximum atomic E-state index is 6.07. The number of hydrogen-bond donors (Lipinski definition) is 1. The molecule has 0 atom stereocenters. The fourth-order valence-corrected chi connectivity index (χ4v) is 3.14. The molecule has 2 rings (SSSR count). The van der Waals surface area contributed by atoms with Crippen LogP contribution in [0.1, 0.15) is 57.6 Å². The number of benzene rings is 1. The van der Waals surface area contributed by atoms with E-state index in [2.05, 4.69) is 45.9 Å². The Morgan fingerprint density at radius 1 is 1.10 bits per heavy atom. The molecule has 0 unspecified atom stereocenters. The number of rotatable bonds is 6. The Hall–Kier alpha value is -1.02. The molecular weight excluding hydrogens is 258 g/mol. The topological polar surface area (TPSA) is 13.7 Å². The van der Waals surface area contributed by atoms with E-state index in [-0.39, 0.29) is 5.41 Å². The molecule has 1 fully saturated rings. The lowest BCUT2D eigenvalue weighted by molar-refractivity contribution is -0.887. The SMILES string of the molecule is Cc1ccc(OCCCC[NH+]2CCCC2)c(C(C)(C)C)c1. The molecule has 1 aromatic carbocycles. The molecule has 0 radical (unpaired) electrons. The van der Waals surface area contributed by atoms with Crippen LogP contribution in [0.3, 0.4) is 0 Å². The first-order chi connectivity index (χ1) is 9.97. The second-order valence-electron chi connectivity index (χ2n) is 7.51. The first-order valence-electron chi connectivity index (χ1n) is 8.54. The fraction of sp³-hybridized carbons (Fsp3) is 0.684. The lowest BCUT2D eigenvalue weighted by atomic mass is 9.85. The molecule has 0 spiro atoms. The van der Waals surface area contributed by atoms with Gasteiger partial charge in [0, 0.05) is 12.8 Å². The van der Waals surface area contributed by atoms with E-state index in [1.165, 1.54) is 56.4 Å². The molecule has 1 heterocycles. The zero-order chi connectivity index (χ0) is 15.3. The number of aryl methyl sites for hydroxylation is 1. The van der Waals surface area contributed by atoms with E-state index in [1.54, 1.807) is 4.90 Å². The maximum absolute atomic E-state index is 6.07. The van der Waals surface area contributed by atoms with Crippen molar-refractivity contribution in [3.8, 4) is 5.75 Å². The smallest absolute Gasteiger partial charge is 0.123 e. The first-order valence-corrected chi connectivity index (χ1v) is 8.54. The van der Waals surface area contributed by atoms with Crippen molar-refractivity contribution in [2.45, 2.75) is 58.8 Å². The monoisotopic (exact) mass is 290 g/mol. The zero-order valence-corrected chi connectivity index (χ0v) is 14.3. The minimum Gasteiger partial charge on any atom is -0.493 e. The molecule has 21 heavy (non-hydrogen) atoms. The summed E-state index contributed by atoms with van der Waals surface area (Å²) in [7, 11) is 0. The van der Waals surface area contributed by atoms with Crippen LogP contribution < -0.4 is 9.64 Å². The number of ether oxygens (including phenoxy) is 1. The molecule has 1 aliphatic rings. The lowest BCUT2D eigenvalue weighted by Gasteiger charge is -2.23. The average Bonchev–Trinajstić information content (AvgIpc) is 2.92. The number of likely N-dealkylation sites (tertiary alicyclic amines) is 1. The Balaban J connectivity index is 1.79. The van der Waals surface area contributed by atoms with Crippen LogP contribution in [0, 0.1) is 6.92 Å². The van der Waals surface area contributed by atoms with Crippen molar-refractivity contribution in [3.05, 3.63) is 29.3 Å². The average molecular weight is 290 g/mol. The van der Waals surface area contributed by atoms with Crippen molar-refractivity contribution < 1.29 is 9.64 Å². The van der Waals surface area contributed by atoms with Gasteiger partial charge in [0.1, 0.15) is 5.75 Å². The quantitative estimate of drug-likeness (QED) is 0.795. The molecule has 1 aromatic rings. The third-order valence-corrected chi connectivity index (χ3v) is 4.44. The molecule has 1 saturated heterocycles. The van der Waals surface area contributed by atoms with E-state index >= 15 is 0 Å². The van der Waals surface area contributed by atoms with Crippen molar-refractivity contribution >= 4 is 0 Å². The Morgan fingerprint density at radius 2 is 1.81 bits per heavy atom. The molecular formula is C19H32NO+. The maximum Gasteiger partial charge on any atom is 0.123 e. The van der Waals surface area contributed by atoms with Crippen molar-refractivity contribution in [2.75, 3.05) is 26.2 Å². The molecule has 0 bridgehead atoms. The zero-order valence-electron chi connectivity index (χ0n) is 14.3. The van der Waals surface area contributed by atoms with Crippen molar-refractivity contribution in [3.63, 3.8) is 0 Å². The second-order valence-corrected chi connectivity index (χ2v) is 7.51. The summed E-state index contributed by atoms with van der Waals surface area (Å²) in [6.07, 6.45) is 5.29. The van der Waals surface area contributed by atoms with Gasteiger partial charge in [0.2, 0.25) is 0 Å². The Kier molecular flexibility index (Phi) is 5.69. The van der Waals surface area contributed by atoms with Gasteiger partial charge in [-0.05, 0) is 36.8 Å². The van der Waals surface area contributed by atoms with Gasteiger partial charge in [0.15, 0.2) is 0 Å². The van der Waals surface area contributed by atoms with Gasteiger partial charge in [0.25, 0.3) is 0 Å². The van der Waals surface area contributed by atoms with E-state index in [0.29, 0.717) is 0 Å². The van der Waals surface area contributed by atoms with E-state index in [1.807, 2.05) is 0 Å². The van der Waals surface area contributed by atoms with Crippen LogP contribution >= 0.6 is 0 Å². The number of unbranched alkanes of at least 4 members (excludes halogenated alkanes) is 1. The standard InChI is InChI=1S/C19H31NO/c1-16-9-10-18(17(15-16)19(2,3)4)21-14-8-7-13-20-11-5-6-12-20/h9-10,15H,5-8,11-14H2,1-4H3/p+1. The Labute approximate surface area is 130 Å². The van der Waals surface area contributed by atoms with Crippen LogP contribution in [0.5, 0.6) is 5.75 Å². The van der Waals surface area contributed by atoms with Crippen LogP contribution in [0.4, 0.5) is 0 Å². The predicted molar refractivity (Wildman–Crippen MR) is 89.4 cm³/mol. The van der Waals surface area contributed by atoms with E-state index < -0.39 is 0 Å². The minimum absolute atomic E-state index is 0.140. The van der Waals surface area contributed by atoms with Gasteiger partial charge in [-0.2, -0.15) is 0 Å². The van der Waals surface area contributed by atoms with Gasteiger partial charge in [-0.1, -0.05) is 38.5 Å². The lowest BCUT2D eigenvalue weighted by Crippen LogP contribution is -3.09. The van der Waals surface area contributed by atoms with Gasteiger partial charge in [-0.3, -0.25) is 0 Å². The molecule has 2 heteroatoms. The summed E-state index contributed by atoms with van der Waals surface area (Å²) in [6.45, 7) is 13.8. The van der Waals surface area contributed by atoms with E-state index in [9.17, 15) is 0 Å². The first kappa shape index (κ1) is 16.4. The normalized spacial score (nSPS) is 16.4. The highest BCUT2D eigenvalue weighted by atomic mass is 16.5. The van der Waals surface area contributed by atoms with Gasteiger partial charge in [-0.25, -0.2) is 0 Å². The summed E-state index contributed by atoms with van der Waals surface area (Å²) in [4.78, 5) is 1.79. The van der Waals surface area contributed by atoms with Gasteiger partial charge in [0.05, 0.1) is 26.2 Å². The third-order valence-electron chi connectivity index (χ3n) is 4.44. The van der Waals surface area contributed by atoms with Crippen LogP contribution in [-0.4, -0.2) is 26.2 Å². The minimum atomic E-state index is 0.140. The highest BCUT2D eigenvalue weighted by molar-refractivity contribution is 5.41. The summed E-state index contributed by atoms with van der Waals surface area (Å²) in [5.41, 5.74) is 2.78. The van der Waals surface area contributed by atoms with E-state index in [4.69, 9.17) is 4.74 Å². The summed E-state index contributed by atoms with van der Waals surface area (Å²) < 4.78 is 6.07. The fourth-order valence-electron chi connectivity index (χ4n) is 3.14. The molecule has 1 aliphatic heterocycles. The van der Waals surface area contributed by atoms with Crippen molar-refractivity contribution in [1.29, 1.82) is 0 Å². The van der Waals surface area contributed by atoms with Gasteiger partial charge < -0.3 is 9.64 Å². The molecule has 2 nitrogen and oxygen atoms in total. The molecule has 0 aromatic heterocycles. The third kappa shape index (κ3) is 5.03. The molecule has 1 N–H and O–H groups in total. The number of nitrogens with one attached hydrogen (secondary N) is 1. The van der Waals surface area contributed by atoms with Gasteiger partial charge in [-0.15, -0.1) is 0 Å². The predicted octanol–water partition coefficient (Wildman–Crippen LogP) is 3.13. The van der Waals surface area contributed by atoms with E-state index in [0.717, 1.165) is 12.4 Å². The summed E-state index contributed by atoms with van der Waals surface area (Å²) >= 11 is 0. The molecule has 0 saturated carbocycles. The number of quaternary nitrogens is 1. The number of hydrogen-bond acceptors (Lipinski definition) is 1. The summed E-state index contributed by atoms with van der Waals surface area (Å²) in [5, 5.41) is 0. The molecule has 0 aliphatic carbocycles.